The summed E-state index contributed by atoms with van der Waals surface area (Å²) in [6.07, 6.45) is 18.3. The summed E-state index contributed by atoms with van der Waals surface area (Å²) >= 11 is 5.63. The molecule has 2 aliphatic carbocycles. The smallest absolute Gasteiger partial charge is 0.169 e. The number of nitrogens with one attached hydrogen (secondary N) is 1. The predicted octanol–water partition coefficient (Wildman–Crippen LogP) is 3.65. The van der Waals surface area contributed by atoms with Gasteiger partial charge in [0, 0.05) is 19.1 Å². The van der Waals surface area contributed by atoms with Crippen LogP contribution in [0.3, 0.4) is 0 Å². The Morgan fingerprint density at radius 3 is 2.70 bits per heavy atom. The minimum atomic E-state index is 0.632. The van der Waals surface area contributed by atoms with Crippen molar-refractivity contribution >= 4 is 17.3 Å². The molecule has 20 heavy (non-hydrogen) atoms. The summed E-state index contributed by atoms with van der Waals surface area (Å²) in [4.78, 5) is 2.40. The fraction of sp³-hybridized carbons (Fsp3) is 0.706. The van der Waals surface area contributed by atoms with Crippen molar-refractivity contribution < 1.29 is 0 Å². The Hall–Kier alpha value is -0.830. The standard InChI is InChI=1S/C17H26N2S/c20-17(18-16-9-5-2-6-10-16)19-12-11-15(13-19)14-7-3-1-4-8-14/h1,3-4,7,14-16H,2,5-6,8-13H2,(H,18,20). The highest BCUT2D eigenvalue weighted by Gasteiger charge is 2.30. The Morgan fingerprint density at radius 2 is 1.95 bits per heavy atom. The van der Waals surface area contributed by atoms with E-state index < -0.39 is 0 Å². The molecule has 0 aromatic carbocycles. The lowest BCUT2D eigenvalue weighted by Crippen LogP contribution is -2.44. The van der Waals surface area contributed by atoms with Gasteiger partial charge in [-0.15, -0.1) is 0 Å². The molecule has 2 atom stereocenters. The minimum Gasteiger partial charge on any atom is -0.360 e. The first kappa shape index (κ1) is 14.1. The topological polar surface area (TPSA) is 15.3 Å². The van der Waals surface area contributed by atoms with E-state index >= 15 is 0 Å². The van der Waals surface area contributed by atoms with Gasteiger partial charge in [-0.1, -0.05) is 43.6 Å². The summed E-state index contributed by atoms with van der Waals surface area (Å²) in [7, 11) is 0. The first-order valence-corrected chi connectivity index (χ1v) is 8.62. The second-order valence-corrected chi connectivity index (χ2v) is 6.88. The van der Waals surface area contributed by atoms with Gasteiger partial charge < -0.3 is 10.2 Å². The largest absolute Gasteiger partial charge is 0.360 e. The zero-order chi connectivity index (χ0) is 13.8. The number of rotatable bonds is 2. The monoisotopic (exact) mass is 290 g/mol. The lowest BCUT2D eigenvalue weighted by Gasteiger charge is -2.29. The fourth-order valence-electron chi connectivity index (χ4n) is 3.78. The molecular formula is C17H26N2S. The Balaban J connectivity index is 1.47. The van der Waals surface area contributed by atoms with E-state index in [1.165, 1.54) is 44.9 Å². The van der Waals surface area contributed by atoms with Crippen LogP contribution in [0.2, 0.25) is 0 Å². The maximum Gasteiger partial charge on any atom is 0.169 e. The summed E-state index contributed by atoms with van der Waals surface area (Å²) in [6, 6.07) is 0.632. The Labute approximate surface area is 128 Å². The molecule has 3 rings (SSSR count). The van der Waals surface area contributed by atoms with E-state index in [1.54, 1.807) is 0 Å². The van der Waals surface area contributed by atoms with E-state index in [1.807, 2.05) is 0 Å². The Morgan fingerprint density at radius 1 is 1.10 bits per heavy atom. The van der Waals surface area contributed by atoms with Gasteiger partial charge in [0.25, 0.3) is 0 Å². The van der Waals surface area contributed by atoms with Crippen LogP contribution in [0.5, 0.6) is 0 Å². The SMILES string of the molecule is S=C(NC1CCCCC1)N1CCC(C2C=CC=CC2)C1. The average molecular weight is 290 g/mol. The van der Waals surface area contributed by atoms with Crippen LogP contribution < -0.4 is 5.32 Å². The second-order valence-electron chi connectivity index (χ2n) is 6.49. The molecule has 1 N–H and O–H groups in total. The summed E-state index contributed by atoms with van der Waals surface area (Å²) in [5, 5.41) is 4.62. The third-order valence-electron chi connectivity index (χ3n) is 5.06. The molecule has 3 heteroatoms. The molecule has 1 aliphatic heterocycles. The highest BCUT2D eigenvalue weighted by Crippen LogP contribution is 2.29. The van der Waals surface area contributed by atoms with Crippen LogP contribution in [-0.4, -0.2) is 29.1 Å². The van der Waals surface area contributed by atoms with Crippen LogP contribution in [0.1, 0.15) is 44.9 Å². The van der Waals surface area contributed by atoms with Crippen molar-refractivity contribution in [1.82, 2.24) is 10.2 Å². The van der Waals surface area contributed by atoms with Crippen molar-refractivity contribution in [2.75, 3.05) is 13.1 Å². The molecule has 110 valence electrons. The molecule has 2 fully saturated rings. The van der Waals surface area contributed by atoms with E-state index in [2.05, 4.69) is 34.5 Å². The maximum absolute atomic E-state index is 5.63. The molecular weight excluding hydrogens is 264 g/mol. The van der Waals surface area contributed by atoms with Gasteiger partial charge in [-0.25, -0.2) is 0 Å². The van der Waals surface area contributed by atoms with Crippen LogP contribution in [0.4, 0.5) is 0 Å². The normalized spacial score (nSPS) is 30.7. The number of hydrogen-bond acceptors (Lipinski definition) is 1. The zero-order valence-corrected chi connectivity index (χ0v) is 13.1. The van der Waals surface area contributed by atoms with Crippen molar-refractivity contribution in [3.8, 4) is 0 Å². The number of nitrogens with zero attached hydrogens (tertiary/aromatic N) is 1. The summed E-state index contributed by atoms with van der Waals surface area (Å²) in [5.74, 6) is 1.50. The predicted molar refractivity (Wildman–Crippen MR) is 88.7 cm³/mol. The molecule has 1 saturated carbocycles. The van der Waals surface area contributed by atoms with Gasteiger partial charge in [-0.3, -0.25) is 0 Å². The van der Waals surface area contributed by atoms with Crippen molar-refractivity contribution in [3.05, 3.63) is 24.3 Å². The highest BCUT2D eigenvalue weighted by molar-refractivity contribution is 7.80. The van der Waals surface area contributed by atoms with Gasteiger partial charge >= 0.3 is 0 Å². The molecule has 2 nitrogen and oxygen atoms in total. The van der Waals surface area contributed by atoms with Crippen molar-refractivity contribution in [3.63, 3.8) is 0 Å². The van der Waals surface area contributed by atoms with Crippen molar-refractivity contribution in [1.29, 1.82) is 0 Å². The van der Waals surface area contributed by atoms with E-state index in [9.17, 15) is 0 Å². The molecule has 1 saturated heterocycles. The molecule has 0 aromatic rings. The lowest BCUT2D eigenvalue weighted by molar-refractivity contribution is 0.375. The van der Waals surface area contributed by atoms with Crippen LogP contribution in [0.25, 0.3) is 0 Å². The van der Waals surface area contributed by atoms with Crippen molar-refractivity contribution in [2.24, 2.45) is 11.8 Å². The van der Waals surface area contributed by atoms with Crippen LogP contribution in [-0.2, 0) is 0 Å². The average Bonchev–Trinajstić information content (AvgIpc) is 2.99. The highest BCUT2D eigenvalue weighted by atomic mass is 32.1. The van der Waals surface area contributed by atoms with E-state index in [4.69, 9.17) is 12.2 Å². The third kappa shape index (κ3) is 3.43. The number of thiocarbonyl (C=S) groups is 1. The summed E-state index contributed by atoms with van der Waals surface area (Å²) < 4.78 is 0. The van der Waals surface area contributed by atoms with E-state index in [0.717, 1.165) is 30.0 Å². The second kappa shape index (κ2) is 6.75. The Bertz CT molecular complexity index is 396. The quantitative estimate of drug-likeness (QED) is 0.782. The minimum absolute atomic E-state index is 0.632. The van der Waals surface area contributed by atoms with Crippen LogP contribution >= 0.6 is 12.2 Å². The molecule has 2 unspecified atom stereocenters. The van der Waals surface area contributed by atoms with Gasteiger partial charge in [0.1, 0.15) is 0 Å². The van der Waals surface area contributed by atoms with E-state index in [-0.39, 0.29) is 0 Å². The lowest BCUT2D eigenvalue weighted by atomic mass is 9.86. The van der Waals surface area contributed by atoms with Gasteiger partial charge in [0.15, 0.2) is 5.11 Å². The number of allylic oxidation sites excluding steroid dienone is 4. The first-order valence-electron chi connectivity index (χ1n) is 8.22. The summed E-state index contributed by atoms with van der Waals surface area (Å²) in [5.41, 5.74) is 0. The summed E-state index contributed by atoms with van der Waals surface area (Å²) in [6.45, 7) is 2.28. The molecule has 3 aliphatic rings. The molecule has 0 aromatic heterocycles. The van der Waals surface area contributed by atoms with Crippen molar-refractivity contribution in [2.45, 2.75) is 51.0 Å². The van der Waals surface area contributed by atoms with Gasteiger partial charge in [0.05, 0.1) is 0 Å². The number of likely N-dealkylation sites (tertiary alicyclic amines) is 1. The molecule has 0 amide bonds. The van der Waals surface area contributed by atoms with Crippen LogP contribution in [0.15, 0.2) is 24.3 Å². The van der Waals surface area contributed by atoms with Gasteiger partial charge in [0.2, 0.25) is 0 Å². The van der Waals surface area contributed by atoms with E-state index in [0.29, 0.717) is 6.04 Å². The first-order chi connectivity index (χ1) is 9.83. The molecule has 0 bridgehead atoms. The number of hydrogen-bond donors (Lipinski definition) is 1. The molecule has 0 radical (unpaired) electrons. The maximum atomic E-state index is 5.63. The molecule has 1 heterocycles. The van der Waals surface area contributed by atoms with Gasteiger partial charge in [-0.05, 0) is 49.7 Å². The third-order valence-corrected chi connectivity index (χ3v) is 5.44. The fourth-order valence-corrected chi connectivity index (χ4v) is 4.12. The van der Waals surface area contributed by atoms with Crippen LogP contribution in [0, 0.1) is 11.8 Å². The van der Waals surface area contributed by atoms with Gasteiger partial charge in [-0.2, -0.15) is 0 Å². The zero-order valence-electron chi connectivity index (χ0n) is 12.3. The Kier molecular flexibility index (Phi) is 4.77. The molecule has 0 spiro atoms.